The van der Waals surface area contributed by atoms with Gasteiger partial charge in [-0.05, 0) is 67.9 Å². The van der Waals surface area contributed by atoms with Gasteiger partial charge in [0.1, 0.15) is 0 Å². The molecule has 0 aromatic heterocycles. The third-order valence-corrected chi connectivity index (χ3v) is 5.73. The van der Waals surface area contributed by atoms with E-state index in [1.165, 1.54) is 50.3 Å². The van der Waals surface area contributed by atoms with Crippen LogP contribution in [-0.4, -0.2) is 24.0 Å². The molecule has 0 aromatic carbocycles. The summed E-state index contributed by atoms with van der Waals surface area (Å²) in [6, 6.07) is -0.213. The quantitative estimate of drug-likeness (QED) is 0.538. The van der Waals surface area contributed by atoms with Gasteiger partial charge in [-0.2, -0.15) is 0 Å². The Morgan fingerprint density at radius 1 is 1.21 bits per heavy atom. The van der Waals surface area contributed by atoms with E-state index in [1.807, 2.05) is 0 Å². The molecule has 0 radical (unpaired) electrons. The SMILES string of the molecule is CSC(=N)NC(=O)NCC12CC3CC(CC(C3)C1)C2. The smallest absolute Gasteiger partial charge is 0.320 e. The molecule has 0 saturated heterocycles. The van der Waals surface area contributed by atoms with Crippen LogP contribution in [0.3, 0.4) is 0 Å². The van der Waals surface area contributed by atoms with Crippen molar-refractivity contribution in [2.45, 2.75) is 38.5 Å². The Bertz CT molecular complexity index is 361. The average molecular weight is 281 g/mol. The molecule has 4 rings (SSSR count). The molecule has 0 aromatic rings. The summed E-state index contributed by atoms with van der Waals surface area (Å²) in [5.74, 6) is 2.75. The molecule has 2 amide bonds. The number of carbonyl (C=O) groups excluding carboxylic acids is 1. The molecule has 4 fully saturated rings. The molecule has 0 spiro atoms. The van der Waals surface area contributed by atoms with Crippen molar-refractivity contribution in [2.24, 2.45) is 23.2 Å². The molecule has 0 heterocycles. The number of hydrogen-bond donors (Lipinski definition) is 3. The summed E-state index contributed by atoms with van der Waals surface area (Å²) in [6.45, 7) is 0.796. The second-order valence-corrected chi connectivity index (χ2v) is 7.57. The molecular weight excluding hydrogens is 258 g/mol. The highest BCUT2D eigenvalue weighted by molar-refractivity contribution is 8.13. The van der Waals surface area contributed by atoms with Crippen molar-refractivity contribution in [1.29, 1.82) is 5.41 Å². The Morgan fingerprint density at radius 3 is 2.21 bits per heavy atom. The third-order valence-electron chi connectivity index (χ3n) is 5.22. The number of amidine groups is 1. The van der Waals surface area contributed by atoms with Gasteiger partial charge in [-0.1, -0.05) is 11.8 Å². The van der Waals surface area contributed by atoms with Crippen LogP contribution in [0.25, 0.3) is 0 Å². The normalized spacial score (nSPS) is 39.1. The number of urea groups is 1. The van der Waals surface area contributed by atoms with Gasteiger partial charge in [0, 0.05) is 6.54 Å². The van der Waals surface area contributed by atoms with Crippen molar-refractivity contribution in [3.63, 3.8) is 0 Å². The minimum absolute atomic E-state index is 0.211. The van der Waals surface area contributed by atoms with Crippen LogP contribution in [-0.2, 0) is 0 Å². The summed E-state index contributed by atoms with van der Waals surface area (Å²) in [5.41, 5.74) is 0.369. The van der Waals surface area contributed by atoms with Crippen LogP contribution in [0.5, 0.6) is 0 Å². The van der Waals surface area contributed by atoms with Gasteiger partial charge < -0.3 is 5.32 Å². The van der Waals surface area contributed by atoms with E-state index in [0.717, 1.165) is 24.3 Å². The second-order valence-electron chi connectivity index (χ2n) is 6.76. The molecule has 4 bridgehead atoms. The first-order valence-electron chi connectivity index (χ1n) is 7.26. The van der Waals surface area contributed by atoms with Crippen molar-refractivity contribution in [2.75, 3.05) is 12.8 Å². The van der Waals surface area contributed by atoms with Crippen LogP contribution in [0.15, 0.2) is 0 Å². The van der Waals surface area contributed by atoms with Crippen LogP contribution < -0.4 is 10.6 Å². The molecule has 4 saturated carbocycles. The highest BCUT2D eigenvalue weighted by Gasteiger charge is 2.50. The summed E-state index contributed by atoms with van der Waals surface area (Å²) < 4.78 is 0. The van der Waals surface area contributed by atoms with E-state index in [9.17, 15) is 4.79 Å². The first-order valence-corrected chi connectivity index (χ1v) is 8.48. The van der Waals surface area contributed by atoms with E-state index >= 15 is 0 Å². The molecule has 4 nitrogen and oxygen atoms in total. The standard InChI is InChI=1S/C14H23N3OS/c1-19-12(15)17-13(18)16-8-14-5-9-2-10(6-14)4-11(3-9)7-14/h9-11H,2-8H2,1H3,(H3,15,16,17,18). The molecule has 0 unspecified atom stereocenters. The predicted octanol–water partition coefficient (Wildman–Crippen LogP) is 2.80. The summed E-state index contributed by atoms with van der Waals surface area (Å²) in [5, 5.41) is 13.2. The molecule has 0 atom stereocenters. The van der Waals surface area contributed by atoms with Crippen LogP contribution in [0.4, 0.5) is 4.79 Å². The average Bonchev–Trinajstić information content (AvgIpc) is 2.35. The van der Waals surface area contributed by atoms with Crippen molar-refractivity contribution in [1.82, 2.24) is 10.6 Å². The lowest BCUT2D eigenvalue weighted by Crippen LogP contribution is -2.52. The van der Waals surface area contributed by atoms with Gasteiger partial charge in [-0.3, -0.25) is 10.7 Å². The van der Waals surface area contributed by atoms with Crippen LogP contribution >= 0.6 is 11.8 Å². The molecule has 106 valence electrons. The number of carbonyl (C=O) groups is 1. The number of thioether (sulfide) groups is 1. The fourth-order valence-electron chi connectivity index (χ4n) is 4.97. The lowest BCUT2D eigenvalue weighted by molar-refractivity contribution is -0.0497. The van der Waals surface area contributed by atoms with E-state index in [2.05, 4.69) is 10.6 Å². The summed E-state index contributed by atoms with van der Waals surface area (Å²) in [6.07, 6.45) is 10.0. The van der Waals surface area contributed by atoms with Crippen molar-refractivity contribution in [3.05, 3.63) is 0 Å². The van der Waals surface area contributed by atoms with Gasteiger partial charge in [0.05, 0.1) is 0 Å². The van der Waals surface area contributed by atoms with Gasteiger partial charge in [-0.15, -0.1) is 0 Å². The van der Waals surface area contributed by atoms with Gasteiger partial charge in [0.15, 0.2) is 5.17 Å². The van der Waals surface area contributed by atoms with E-state index < -0.39 is 0 Å². The fourth-order valence-corrected chi connectivity index (χ4v) is 5.17. The van der Waals surface area contributed by atoms with E-state index in [1.54, 1.807) is 6.26 Å². The summed E-state index contributed by atoms with van der Waals surface area (Å²) >= 11 is 1.25. The third kappa shape index (κ3) is 2.76. The van der Waals surface area contributed by atoms with Crippen LogP contribution in [0.2, 0.25) is 0 Å². The highest BCUT2D eigenvalue weighted by Crippen LogP contribution is 2.59. The zero-order valence-electron chi connectivity index (χ0n) is 11.5. The number of amides is 2. The van der Waals surface area contributed by atoms with Gasteiger partial charge in [0.25, 0.3) is 0 Å². The fraction of sp³-hybridized carbons (Fsp3) is 0.857. The Kier molecular flexibility index (Phi) is 3.50. The monoisotopic (exact) mass is 281 g/mol. The zero-order valence-corrected chi connectivity index (χ0v) is 12.3. The zero-order chi connectivity index (χ0) is 13.5. The van der Waals surface area contributed by atoms with E-state index in [4.69, 9.17) is 5.41 Å². The second kappa shape index (κ2) is 5.00. The first-order chi connectivity index (χ1) is 9.08. The number of nitrogens with one attached hydrogen (secondary N) is 3. The topological polar surface area (TPSA) is 65.0 Å². The Balaban J connectivity index is 1.55. The maximum absolute atomic E-state index is 11.7. The maximum Gasteiger partial charge on any atom is 0.320 e. The molecule has 4 aliphatic carbocycles. The lowest BCUT2D eigenvalue weighted by Gasteiger charge is -2.56. The molecule has 5 heteroatoms. The summed E-state index contributed by atoms with van der Waals surface area (Å²) in [7, 11) is 0. The Labute approximate surface area is 119 Å². The van der Waals surface area contributed by atoms with E-state index in [0.29, 0.717) is 5.41 Å². The first kappa shape index (κ1) is 13.3. The molecule has 3 N–H and O–H groups in total. The molecule has 0 aliphatic heterocycles. The maximum atomic E-state index is 11.7. The largest absolute Gasteiger partial charge is 0.337 e. The molecule has 4 aliphatic rings. The van der Waals surface area contributed by atoms with Gasteiger partial charge in [0.2, 0.25) is 0 Å². The minimum Gasteiger partial charge on any atom is -0.337 e. The van der Waals surface area contributed by atoms with E-state index in [-0.39, 0.29) is 11.2 Å². The van der Waals surface area contributed by atoms with Crippen LogP contribution in [0, 0.1) is 28.6 Å². The van der Waals surface area contributed by atoms with Gasteiger partial charge >= 0.3 is 6.03 Å². The molecular formula is C14H23N3OS. The van der Waals surface area contributed by atoms with Crippen LogP contribution in [0.1, 0.15) is 38.5 Å². The summed E-state index contributed by atoms with van der Waals surface area (Å²) in [4.78, 5) is 11.7. The van der Waals surface area contributed by atoms with Gasteiger partial charge in [-0.25, -0.2) is 4.79 Å². The minimum atomic E-state index is -0.213. The van der Waals surface area contributed by atoms with Crippen molar-refractivity contribution >= 4 is 23.0 Å². The Hall–Kier alpha value is -0.710. The highest BCUT2D eigenvalue weighted by atomic mass is 32.2. The number of hydrogen-bond acceptors (Lipinski definition) is 3. The predicted molar refractivity (Wildman–Crippen MR) is 78.4 cm³/mol. The Morgan fingerprint density at radius 2 is 1.74 bits per heavy atom. The van der Waals surface area contributed by atoms with Crippen molar-refractivity contribution < 1.29 is 4.79 Å². The lowest BCUT2D eigenvalue weighted by atomic mass is 9.49. The number of rotatable bonds is 2. The molecule has 19 heavy (non-hydrogen) atoms. The van der Waals surface area contributed by atoms with Crippen molar-refractivity contribution in [3.8, 4) is 0 Å².